The van der Waals surface area contributed by atoms with E-state index in [4.69, 9.17) is 0 Å². The van der Waals surface area contributed by atoms with Crippen LogP contribution in [0, 0.1) is 28.6 Å². The number of carbonyl (C=O) groups excluding carboxylic acids is 1. The van der Waals surface area contributed by atoms with Crippen molar-refractivity contribution in [2.45, 2.75) is 62.7 Å². The highest BCUT2D eigenvalue weighted by atomic mass is 32.2. The first-order valence-electron chi connectivity index (χ1n) is 11.8. The number of hydrogen-bond donors (Lipinski definition) is 3. The van der Waals surface area contributed by atoms with Crippen molar-refractivity contribution in [2.75, 3.05) is 25.0 Å². The summed E-state index contributed by atoms with van der Waals surface area (Å²) in [4.78, 5) is 13.1. The van der Waals surface area contributed by atoms with Crippen LogP contribution in [0.1, 0.15) is 39.5 Å². The fourth-order valence-corrected chi connectivity index (χ4v) is 7.32. The van der Waals surface area contributed by atoms with Gasteiger partial charge in [0.15, 0.2) is 0 Å². The van der Waals surface area contributed by atoms with Crippen molar-refractivity contribution >= 4 is 21.6 Å². The van der Waals surface area contributed by atoms with E-state index in [0.29, 0.717) is 32.0 Å². The predicted molar refractivity (Wildman–Crippen MR) is 123 cm³/mol. The van der Waals surface area contributed by atoms with Gasteiger partial charge in [-0.05, 0) is 54.9 Å². The van der Waals surface area contributed by atoms with Crippen LogP contribution in [-0.4, -0.2) is 61.5 Å². The molecule has 0 spiro atoms. The van der Waals surface area contributed by atoms with Crippen molar-refractivity contribution in [1.29, 1.82) is 5.26 Å². The lowest BCUT2D eigenvalue weighted by atomic mass is 9.87. The molecule has 1 aliphatic carbocycles. The highest BCUT2D eigenvalue weighted by Crippen LogP contribution is 2.41. The van der Waals surface area contributed by atoms with Gasteiger partial charge in [0, 0.05) is 37.4 Å². The van der Waals surface area contributed by atoms with Gasteiger partial charge in [-0.25, -0.2) is 18.9 Å². The first-order valence-corrected chi connectivity index (χ1v) is 13.2. The van der Waals surface area contributed by atoms with Gasteiger partial charge in [-0.2, -0.15) is 9.57 Å². The number of amides is 1. The van der Waals surface area contributed by atoms with E-state index in [2.05, 4.69) is 41.0 Å². The van der Waals surface area contributed by atoms with Gasteiger partial charge in [0.05, 0.1) is 23.3 Å². The second-order valence-corrected chi connectivity index (χ2v) is 12.5. The molecule has 3 N–H and O–H groups in total. The maximum absolute atomic E-state index is 12.8. The van der Waals surface area contributed by atoms with Gasteiger partial charge in [0.1, 0.15) is 6.17 Å². The Hall–Kier alpha value is -2.19. The van der Waals surface area contributed by atoms with E-state index in [0.717, 1.165) is 24.9 Å². The number of carbonyl (C=O) groups is 1. The monoisotopic (exact) mass is 472 g/mol. The van der Waals surface area contributed by atoms with Crippen molar-refractivity contribution in [3.05, 3.63) is 24.3 Å². The van der Waals surface area contributed by atoms with E-state index in [1.54, 1.807) is 24.3 Å². The number of nitrogens with zero attached hydrogens (tertiary/aromatic N) is 3. The molecule has 1 aromatic rings. The molecule has 4 atom stereocenters. The summed E-state index contributed by atoms with van der Waals surface area (Å²) in [6.07, 6.45) is 3.19. The summed E-state index contributed by atoms with van der Waals surface area (Å²) in [7, 11) is -3.49. The van der Waals surface area contributed by atoms with Crippen LogP contribution >= 0.6 is 0 Å². The molecule has 5 rings (SSSR count). The minimum atomic E-state index is -3.49. The molecular weight excluding hydrogens is 440 g/mol. The summed E-state index contributed by atoms with van der Waals surface area (Å²) in [6.45, 7) is 5.81. The van der Waals surface area contributed by atoms with Gasteiger partial charge < -0.3 is 10.6 Å². The molecule has 178 valence electrons. The molecule has 3 saturated heterocycles. The van der Waals surface area contributed by atoms with E-state index in [9.17, 15) is 18.5 Å². The number of nitrogens with one attached hydrogen (secondary N) is 3. The Balaban J connectivity index is 1.32. The number of benzene rings is 1. The average molecular weight is 473 g/mol. The maximum atomic E-state index is 12.8. The fraction of sp³-hybridized carbons (Fsp3) is 0.652. The molecule has 0 bridgehead atoms. The number of sulfonamides is 1. The second-order valence-electron chi connectivity index (χ2n) is 10.6. The van der Waals surface area contributed by atoms with Gasteiger partial charge >= 0.3 is 0 Å². The van der Waals surface area contributed by atoms with Gasteiger partial charge in [0.25, 0.3) is 0 Å². The minimum Gasteiger partial charge on any atom is -0.368 e. The number of nitriles is 1. The molecule has 33 heavy (non-hydrogen) atoms. The third-order valence-electron chi connectivity index (χ3n) is 7.31. The van der Waals surface area contributed by atoms with Crippen molar-refractivity contribution in [3.63, 3.8) is 0 Å². The highest BCUT2D eigenvalue weighted by molar-refractivity contribution is 7.89. The van der Waals surface area contributed by atoms with E-state index in [-0.39, 0.29) is 40.4 Å². The fourth-order valence-electron chi connectivity index (χ4n) is 5.50. The normalized spacial score (nSPS) is 30.6. The molecule has 1 saturated carbocycles. The molecule has 10 heteroatoms. The summed E-state index contributed by atoms with van der Waals surface area (Å²) >= 11 is 0. The predicted octanol–water partition coefficient (Wildman–Crippen LogP) is 1.47. The molecule has 3 heterocycles. The van der Waals surface area contributed by atoms with E-state index >= 15 is 0 Å². The molecule has 0 aromatic heterocycles. The van der Waals surface area contributed by atoms with Crippen LogP contribution in [-0.2, 0) is 14.8 Å². The zero-order chi connectivity index (χ0) is 23.4. The van der Waals surface area contributed by atoms with E-state index in [1.807, 2.05) is 0 Å². The van der Waals surface area contributed by atoms with Crippen LogP contribution in [0.25, 0.3) is 0 Å². The lowest BCUT2D eigenvalue weighted by Crippen LogP contribution is -2.55. The molecule has 0 radical (unpaired) electrons. The summed E-state index contributed by atoms with van der Waals surface area (Å²) in [6, 6.07) is 9.21. The Morgan fingerprint density at radius 1 is 1.21 bits per heavy atom. The number of rotatable bonds is 7. The standard InChI is InChI=1S/C23H32N6O3S/c1-23(2)13-28(14-23)33(31,32)17-7-5-16(6-8-17)26-21-20-19(10-12-25-22(20)30)29(27-21)18(9-11-24)15-3-4-15/h5-8,15,18-21,26-27H,3-4,9-10,12-14H2,1-2H3,(H,25,30)/t18-,19?,20?,21?/m0/s1. The quantitative estimate of drug-likeness (QED) is 0.550. The molecule has 4 aliphatic rings. The minimum absolute atomic E-state index is 0.00449. The lowest BCUT2D eigenvalue weighted by molar-refractivity contribution is -0.128. The smallest absolute Gasteiger partial charge is 0.243 e. The van der Waals surface area contributed by atoms with Crippen LogP contribution in [0.2, 0.25) is 0 Å². The SMILES string of the molecule is CC1(C)CN(S(=O)(=O)c2ccc(NC3NN([C@@H](CC#N)C4CC4)C4CCNC(=O)C34)cc2)C1. The molecule has 9 nitrogen and oxygen atoms in total. The average Bonchev–Trinajstić information content (AvgIpc) is 3.53. The van der Waals surface area contributed by atoms with Crippen molar-refractivity contribution in [3.8, 4) is 6.07 Å². The Labute approximate surface area is 195 Å². The molecule has 3 aliphatic heterocycles. The van der Waals surface area contributed by atoms with E-state index < -0.39 is 10.0 Å². The Bertz CT molecular complexity index is 1050. The van der Waals surface area contributed by atoms with Crippen LogP contribution in [0.5, 0.6) is 0 Å². The largest absolute Gasteiger partial charge is 0.368 e. The molecule has 1 aromatic carbocycles. The summed E-state index contributed by atoms with van der Waals surface area (Å²) in [5.74, 6) is 0.216. The Morgan fingerprint density at radius 2 is 1.91 bits per heavy atom. The van der Waals surface area contributed by atoms with Gasteiger partial charge in [-0.15, -0.1) is 0 Å². The Kier molecular flexibility index (Phi) is 5.64. The summed E-state index contributed by atoms with van der Waals surface area (Å²) in [5.41, 5.74) is 4.26. The first-order chi connectivity index (χ1) is 15.7. The number of anilines is 1. The first kappa shape index (κ1) is 22.6. The van der Waals surface area contributed by atoms with Crippen LogP contribution in [0.4, 0.5) is 5.69 Å². The highest BCUT2D eigenvalue weighted by Gasteiger charge is 2.52. The molecule has 1 amide bonds. The number of hydrazine groups is 1. The Morgan fingerprint density at radius 3 is 2.52 bits per heavy atom. The zero-order valence-electron chi connectivity index (χ0n) is 19.1. The number of hydrogen-bond acceptors (Lipinski definition) is 7. The lowest BCUT2D eigenvalue weighted by Gasteiger charge is -2.44. The van der Waals surface area contributed by atoms with Crippen LogP contribution < -0.4 is 16.1 Å². The zero-order valence-corrected chi connectivity index (χ0v) is 19.9. The van der Waals surface area contributed by atoms with E-state index in [1.165, 1.54) is 4.31 Å². The number of piperidine rings is 1. The van der Waals surface area contributed by atoms with Gasteiger partial charge in [-0.1, -0.05) is 13.8 Å². The molecule has 3 unspecified atom stereocenters. The molecular formula is C23H32N6O3S. The summed E-state index contributed by atoms with van der Waals surface area (Å²) < 4.78 is 27.2. The molecule has 4 fully saturated rings. The maximum Gasteiger partial charge on any atom is 0.243 e. The third-order valence-corrected chi connectivity index (χ3v) is 9.11. The second kappa shape index (κ2) is 8.24. The van der Waals surface area contributed by atoms with Gasteiger partial charge in [-0.3, -0.25) is 4.79 Å². The number of fused-ring (bicyclic) bond motifs is 1. The third kappa shape index (κ3) is 4.23. The van der Waals surface area contributed by atoms with Crippen LogP contribution in [0.15, 0.2) is 29.2 Å². The van der Waals surface area contributed by atoms with Crippen molar-refractivity contribution in [2.24, 2.45) is 17.3 Å². The van der Waals surface area contributed by atoms with Crippen LogP contribution in [0.3, 0.4) is 0 Å². The van der Waals surface area contributed by atoms with Crippen molar-refractivity contribution in [1.82, 2.24) is 20.1 Å². The van der Waals surface area contributed by atoms with Crippen molar-refractivity contribution < 1.29 is 13.2 Å². The topological polar surface area (TPSA) is 118 Å². The summed E-state index contributed by atoms with van der Waals surface area (Å²) in [5, 5.41) is 17.9. The van der Waals surface area contributed by atoms with Gasteiger partial charge in [0.2, 0.25) is 15.9 Å².